The molecule has 0 saturated heterocycles. The Bertz CT molecular complexity index is 1710. The van der Waals surface area contributed by atoms with Gasteiger partial charge in [-0.15, -0.1) is 0 Å². The third-order valence-electron chi connectivity index (χ3n) is 13.1. The first kappa shape index (κ1) is 73.3. The average molecular weight is 1080 g/mol. The number of carbonyl (C=O) groups excluding carboxylic acids is 3. The van der Waals surface area contributed by atoms with E-state index in [0.29, 0.717) is 19.3 Å². The summed E-state index contributed by atoms with van der Waals surface area (Å²) in [5.41, 5.74) is 0. The Morgan fingerprint density at radius 3 is 0.782 bits per heavy atom. The van der Waals surface area contributed by atoms with E-state index in [-0.39, 0.29) is 31.1 Å². The number of ether oxygens (including phenoxy) is 3. The Balaban J connectivity index is 4.32. The van der Waals surface area contributed by atoms with Gasteiger partial charge in [-0.1, -0.05) is 276 Å². The Morgan fingerprint density at radius 1 is 0.269 bits per heavy atom. The van der Waals surface area contributed by atoms with Crippen LogP contribution >= 0.6 is 0 Å². The number of hydrogen-bond acceptors (Lipinski definition) is 6. The van der Waals surface area contributed by atoms with E-state index in [1.807, 2.05) is 0 Å². The molecular weight excluding hydrogens is 961 g/mol. The van der Waals surface area contributed by atoms with Gasteiger partial charge < -0.3 is 14.2 Å². The number of unbranched alkanes of at least 4 members (excludes halogenated alkanes) is 21. The van der Waals surface area contributed by atoms with Gasteiger partial charge >= 0.3 is 17.9 Å². The molecule has 6 heteroatoms. The molecule has 0 spiro atoms. The molecule has 0 rings (SSSR count). The fourth-order valence-electron chi connectivity index (χ4n) is 8.39. The summed E-state index contributed by atoms with van der Waals surface area (Å²) in [4.78, 5) is 38.2. The zero-order valence-electron chi connectivity index (χ0n) is 50.4. The lowest BCUT2D eigenvalue weighted by atomic mass is 10.1. The summed E-state index contributed by atoms with van der Waals surface area (Å²) in [5, 5.41) is 0. The van der Waals surface area contributed by atoms with Crippen LogP contribution in [0.5, 0.6) is 0 Å². The van der Waals surface area contributed by atoms with Crippen molar-refractivity contribution in [1.29, 1.82) is 0 Å². The van der Waals surface area contributed by atoms with Gasteiger partial charge in [0.1, 0.15) is 13.2 Å². The highest BCUT2D eigenvalue weighted by Gasteiger charge is 2.19. The van der Waals surface area contributed by atoms with E-state index in [4.69, 9.17) is 14.2 Å². The van der Waals surface area contributed by atoms with Crippen molar-refractivity contribution in [2.24, 2.45) is 0 Å². The van der Waals surface area contributed by atoms with E-state index in [1.165, 1.54) is 70.6 Å². The zero-order valence-corrected chi connectivity index (χ0v) is 50.4. The lowest BCUT2D eigenvalue weighted by molar-refractivity contribution is -0.167. The van der Waals surface area contributed by atoms with Gasteiger partial charge in [0.2, 0.25) is 0 Å². The Labute approximate surface area is 480 Å². The van der Waals surface area contributed by atoms with Gasteiger partial charge in [-0.25, -0.2) is 0 Å². The van der Waals surface area contributed by atoms with Crippen molar-refractivity contribution in [1.82, 2.24) is 0 Å². The van der Waals surface area contributed by atoms with E-state index in [1.54, 1.807) is 0 Å². The van der Waals surface area contributed by atoms with Crippen LogP contribution in [0.3, 0.4) is 0 Å². The second-order valence-corrected chi connectivity index (χ2v) is 20.6. The van der Waals surface area contributed by atoms with Crippen molar-refractivity contribution in [2.45, 2.75) is 277 Å². The molecule has 0 amide bonds. The summed E-state index contributed by atoms with van der Waals surface area (Å²) in [6.45, 7) is 6.38. The molecule has 0 N–H and O–H groups in total. The topological polar surface area (TPSA) is 78.9 Å². The average Bonchev–Trinajstić information content (AvgIpc) is 3.44. The summed E-state index contributed by atoms with van der Waals surface area (Å²) < 4.78 is 16.9. The third-order valence-corrected chi connectivity index (χ3v) is 13.1. The fraction of sp³-hybridized carbons (Fsp3) is 0.625. The first-order valence-electron chi connectivity index (χ1n) is 31.8. The highest BCUT2D eigenvalue weighted by Crippen LogP contribution is 2.15. The summed E-state index contributed by atoms with van der Waals surface area (Å²) in [5.74, 6) is -0.923. The first-order valence-corrected chi connectivity index (χ1v) is 31.8. The number of carbonyl (C=O) groups is 3. The molecule has 6 nitrogen and oxygen atoms in total. The second-order valence-electron chi connectivity index (χ2n) is 20.6. The molecule has 0 saturated carbocycles. The van der Waals surface area contributed by atoms with E-state index < -0.39 is 6.10 Å². The molecule has 0 radical (unpaired) electrons. The van der Waals surface area contributed by atoms with E-state index in [0.717, 1.165) is 161 Å². The maximum Gasteiger partial charge on any atom is 0.306 e. The van der Waals surface area contributed by atoms with Crippen LogP contribution in [0, 0.1) is 0 Å². The molecule has 0 aromatic heterocycles. The highest BCUT2D eigenvalue weighted by molar-refractivity contribution is 5.71. The Hall–Kier alpha value is -4.71. The molecule has 0 aromatic carbocycles. The van der Waals surface area contributed by atoms with Crippen LogP contribution in [0.2, 0.25) is 0 Å². The van der Waals surface area contributed by atoms with Crippen molar-refractivity contribution >= 4 is 17.9 Å². The molecule has 1 atom stereocenters. The van der Waals surface area contributed by atoms with E-state index in [2.05, 4.69) is 167 Å². The van der Waals surface area contributed by atoms with Crippen LogP contribution in [-0.2, 0) is 28.6 Å². The van der Waals surface area contributed by atoms with Crippen LogP contribution < -0.4 is 0 Å². The van der Waals surface area contributed by atoms with Crippen molar-refractivity contribution in [2.75, 3.05) is 13.2 Å². The summed E-state index contributed by atoms with van der Waals surface area (Å²) in [7, 11) is 0. The van der Waals surface area contributed by atoms with Gasteiger partial charge in [-0.2, -0.15) is 0 Å². The van der Waals surface area contributed by atoms with Crippen molar-refractivity contribution in [3.05, 3.63) is 146 Å². The van der Waals surface area contributed by atoms with Crippen molar-refractivity contribution < 1.29 is 28.6 Å². The highest BCUT2D eigenvalue weighted by atomic mass is 16.6. The minimum Gasteiger partial charge on any atom is -0.462 e. The zero-order chi connectivity index (χ0) is 56.4. The van der Waals surface area contributed by atoms with Gasteiger partial charge in [-0.3, -0.25) is 14.4 Å². The van der Waals surface area contributed by atoms with Gasteiger partial charge in [0.05, 0.1) is 0 Å². The van der Waals surface area contributed by atoms with Gasteiger partial charge in [-0.05, 0) is 122 Å². The predicted molar refractivity (Wildman–Crippen MR) is 339 cm³/mol. The van der Waals surface area contributed by atoms with Gasteiger partial charge in [0.25, 0.3) is 0 Å². The van der Waals surface area contributed by atoms with Gasteiger partial charge in [0.15, 0.2) is 6.10 Å². The summed E-state index contributed by atoms with van der Waals surface area (Å²) in [6.07, 6.45) is 92.8. The lowest BCUT2D eigenvalue weighted by Gasteiger charge is -2.18. The van der Waals surface area contributed by atoms with Gasteiger partial charge in [0, 0.05) is 19.3 Å². The number of hydrogen-bond donors (Lipinski definition) is 0. The molecule has 0 aliphatic heterocycles. The molecule has 0 aromatic rings. The van der Waals surface area contributed by atoms with Crippen LogP contribution in [0.4, 0.5) is 0 Å². The Kier molecular flexibility index (Phi) is 60.9. The normalized spacial score (nSPS) is 13.1. The maximum atomic E-state index is 12.9. The summed E-state index contributed by atoms with van der Waals surface area (Å²) in [6, 6.07) is 0. The number of rotatable bonds is 56. The van der Waals surface area contributed by atoms with Crippen LogP contribution in [0.1, 0.15) is 271 Å². The molecule has 0 aliphatic carbocycles. The maximum absolute atomic E-state index is 12.9. The molecule has 78 heavy (non-hydrogen) atoms. The van der Waals surface area contributed by atoms with Crippen molar-refractivity contribution in [3.63, 3.8) is 0 Å². The minimum absolute atomic E-state index is 0.0914. The Morgan fingerprint density at radius 2 is 0.500 bits per heavy atom. The molecule has 0 fully saturated rings. The van der Waals surface area contributed by atoms with Crippen molar-refractivity contribution in [3.8, 4) is 0 Å². The van der Waals surface area contributed by atoms with Crippen LogP contribution in [-0.4, -0.2) is 37.2 Å². The number of allylic oxidation sites excluding steroid dienone is 24. The smallest absolute Gasteiger partial charge is 0.306 e. The molecular formula is C72H116O6. The van der Waals surface area contributed by atoms with Crippen LogP contribution in [0.15, 0.2) is 146 Å². The third kappa shape index (κ3) is 62.1. The van der Waals surface area contributed by atoms with E-state index >= 15 is 0 Å². The lowest BCUT2D eigenvalue weighted by Crippen LogP contribution is -2.30. The largest absolute Gasteiger partial charge is 0.462 e. The molecule has 0 bridgehead atoms. The standard InChI is InChI=1S/C72H116O6/c1-4-7-10-13-16-19-22-24-26-28-30-31-32-33-34-35-36-37-38-39-40-41-43-44-46-48-50-53-56-59-62-65-71(74)77-68-69(67-76-70(73)64-61-58-55-52-21-18-15-12-9-6-3)78-72(75)66-63-60-57-54-51-49-47-45-42-29-27-25-23-20-17-14-11-8-5-2/h7-8,10-11,16-17,19-20,24-27,30-31,33-34,36-37,39-40,42-45,69H,4-6,9,12-15,18,21-23,28-29,32,35,38,41,46-68H2,1-3H3/b10-7-,11-8-,19-16-,20-17-,26-24-,27-25-,31-30-,34-33-,37-36-,40-39-,44-43-,45-42-. The molecule has 1 unspecified atom stereocenters. The summed E-state index contributed by atoms with van der Waals surface area (Å²) >= 11 is 0. The quantitative estimate of drug-likeness (QED) is 0.0261. The SMILES string of the molecule is CC/C=C\C/C=C\C/C=C\C/C=C\C/C=C\C/C=C\C/C=C\C/C=C\CCCCCCCCC(=O)OCC(COC(=O)CCCCCCCCCCCC)OC(=O)CCCCCCCC/C=C\C/C=C\C/C=C\C/C=C\CC. The molecule has 440 valence electrons. The monoisotopic (exact) mass is 1080 g/mol. The predicted octanol–water partition coefficient (Wildman–Crippen LogP) is 21.9. The molecule has 0 heterocycles. The second kappa shape index (κ2) is 64.8. The molecule has 0 aliphatic rings. The fourth-order valence-corrected chi connectivity index (χ4v) is 8.39. The van der Waals surface area contributed by atoms with Crippen LogP contribution in [0.25, 0.3) is 0 Å². The minimum atomic E-state index is -0.796. The first-order chi connectivity index (χ1) is 38.5. The number of esters is 3. The van der Waals surface area contributed by atoms with E-state index in [9.17, 15) is 14.4 Å².